The fourth-order valence-corrected chi connectivity index (χ4v) is 10.8. The van der Waals surface area contributed by atoms with Crippen LogP contribution in [0.4, 0.5) is 0 Å². The van der Waals surface area contributed by atoms with E-state index in [4.69, 9.17) is 0 Å². The molecule has 6 rings (SSSR count). The lowest BCUT2D eigenvalue weighted by atomic mass is 9.38. The molecule has 1 aromatic heterocycles. The van der Waals surface area contributed by atoms with E-state index in [0.717, 1.165) is 32.1 Å². The quantitative estimate of drug-likeness (QED) is 0.327. The van der Waals surface area contributed by atoms with E-state index in [0.29, 0.717) is 36.4 Å². The van der Waals surface area contributed by atoms with Crippen LogP contribution in [0.2, 0.25) is 0 Å². The Hall–Kier alpha value is -1.91. The van der Waals surface area contributed by atoms with Crippen molar-refractivity contribution in [3.8, 4) is 0 Å². The summed E-state index contributed by atoms with van der Waals surface area (Å²) in [6, 6.07) is 6.74. The van der Waals surface area contributed by atoms with Gasteiger partial charge in [0.25, 0.3) is 0 Å². The van der Waals surface area contributed by atoms with E-state index in [1.54, 1.807) is 13.8 Å². The van der Waals surface area contributed by atoms with E-state index in [1.165, 1.54) is 33.3 Å². The molecule has 4 nitrogen and oxygen atoms in total. The highest BCUT2D eigenvalue weighted by atomic mass is 16.3. The molecule has 4 aliphatic carbocycles. The number of aromatic nitrogens is 1. The van der Waals surface area contributed by atoms with Gasteiger partial charge in [0.2, 0.25) is 0 Å². The molecule has 224 valence electrons. The van der Waals surface area contributed by atoms with Crippen molar-refractivity contribution in [3.05, 3.63) is 46.7 Å². The molecule has 0 unspecified atom stereocenters. The topological polar surface area (TPSA) is 73.3 Å². The minimum atomic E-state index is -1.08. The Morgan fingerprint density at radius 2 is 1.80 bits per heavy atom. The third-order valence-electron chi connectivity index (χ3n) is 13.6. The molecule has 4 heteroatoms. The average molecular weight is 560 g/mol. The molecule has 0 spiro atoms. The van der Waals surface area contributed by atoms with Gasteiger partial charge in [-0.15, -0.1) is 0 Å². The molecule has 2 aromatic rings. The highest BCUT2D eigenvalue weighted by Crippen LogP contribution is 2.74. The van der Waals surface area contributed by atoms with Crippen LogP contribution in [0.1, 0.15) is 111 Å². The Balaban J connectivity index is 1.36. The van der Waals surface area contributed by atoms with Crippen molar-refractivity contribution in [2.24, 2.45) is 39.9 Å². The van der Waals surface area contributed by atoms with Crippen molar-refractivity contribution < 1.29 is 15.0 Å². The summed E-state index contributed by atoms with van der Waals surface area (Å²) in [6.45, 7) is 19.9. The lowest BCUT2D eigenvalue weighted by molar-refractivity contribution is -0.168. The third kappa shape index (κ3) is 3.88. The molecule has 0 radical (unpaired) electrons. The molecule has 0 saturated heterocycles. The maximum Gasteiger partial charge on any atom is 0.140 e. The zero-order valence-corrected chi connectivity index (χ0v) is 26.9. The first-order valence-electron chi connectivity index (χ1n) is 16.2. The number of rotatable bonds is 5. The monoisotopic (exact) mass is 559 g/mol. The molecular weight excluding hydrogens is 506 g/mol. The molecule has 2 saturated carbocycles. The number of carbonyl (C=O) groups is 1. The molecule has 41 heavy (non-hydrogen) atoms. The Morgan fingerprint density at radius 1 is 1.10 bits per heavy atom. The first-order valence-corrected chi connectivity index (χ1v) is 16.2. The van der Waals surface area contributed by atoms with E-state index in [2.05, 4.69) is 77.7 Å². The van der Waals surface area contributed by atoms with Crippen molar-refractivity contribution in [2.45, 2.75) is 124 Å². The van der Waals surface area contributed by atoms with Gasteiger partial charge in [-0.1, -0.05) is 64.8 Å². The zero-order valence-electron chi connectivity index (χ0n) is 26.9. The Bertz CT molecular complexity index is 1420. The number of benzene rings is 1. The van der Waals surface area contributed by atoms with Crippen LogP contribution < -0.4 is 0 Å². The second kappa shape index (κ2) is 9.05. The second-order valence-corrected chi connectivity index (χ2v) is 16.4. The van der Waals surface area contributed by atoms with Gasteiger partial charge in [0, 0.05) is 33.8 Å². The highest BCUT2D eigenvalue weighted by molar-refractivity contribution is 5.90. The van der Waals surface area contributed by atoms with Crippen LogP contribution in [0, 0.1) is 46.8 Å². The van der Waals surface area contributed by atoms with E-state index in [9.17, 15) is 15.0 Å². The number of aliphatic hydroxyl groups excluding tert-OH is 1. The van der Waals surface area contributed by atoms with Crippen LogP contribution in [0.5, 0.6) is 0 Å². The summed E-state index contributed by atoms with van der Waals surface area (Å²) in [6.07, 6.45) is 8.19. The summed E-state index contributed by atoms with van der Waals surface area (Å²) in [5.41, 5.74) is 5.19. The lowest BCUT2D eigenvalue weighted by Crippen LogP contribution is -2.63. The van der Waals surface area contributed by atoms with Crippen LogP contribution in [0.3, 0.4) is 0 Å². The number of Topliss-reactive ketones (excluding diaryl/α,β-unsaturated/α-hetero) is 1. The number of aromatic amines is 1. The van der Waals surface area contributed by atoms with Crippen molar-refractivity contribution in [3.63, 3.8) is 0 Å². The fraction of sp³-hybridized carbons (Fsp3) is 0.703. The Kier molecular flexibility index (Phi) is 6.44. The maximum atomic E-state index is 14.7. The summed E-state index contributed by atoms with van der Waals surface area (Å²) in [4.78, 5) is 18.5. The maximum absolute atomic E-state index is 14.7. The molecular formula is C37H53NO3. The average Bonchev–Trinajstić information content (AvgIpc) is 3.37. The van der Waals surface area contributed by atoms with Gasteiger partial charge in [0.15, 0.2) is 0 Å². The lowest BCUT2D eigenvalue weighted by Gasteiger charge is -2.64. The number of fused-ring (bicyclic) bond motifs is 8. The fourth-order valence-electron chi connectivity index (χ4n) is 10.8. The summed E-state index contributed by atoms with van der Waals surface area (Å²) in [5.74, 6) is 1.89. The molecule has 8 atom stereocenters. The molecule has 1 heterocycles. The molecule has 1 aromatic carbocycles. The van der Waals surface area contributed by atoms with Gasteiger partial charge < -0.3 is 15.2 Å². The second-order valence-electron chi connectivity index (χ2n) is 16.4. The molecule has 0 amide bonds. The van der Waals surface area contributed by atoms with E-state index in [-0.39, 0.29) is 27.6 Å². The number of H-pyrrole nitrogens is 1. The van der Waals surface area contributed by atoms with Crippen LogP contribution in [-0.4, -0.2) is 32.7 Å². The van der Waals surface area contributed by atoms with Gasteiger partial charge in [0.1, 0.15) is 5.78 Å². The number of aliphatic hydroxyl groups is 2. The Labute approximate surface area is 247 Å². The number of carbonyl (C=O) groups excluding carboxylic acids is 1. The Morgan fingerprint density at radius 3 is 2.49 bits per heavy atom. The number of ketones is 1. The summed E-state index contributed by atoms with van der Waals surface area (Å²) < 4.78 is 0. The summed E-state index contributed by atoms with van der Waals surface area (Å²) in [5, 5.41) is 22.1. The van der Waals surface area contributed by atoms with Crippen LogP contribution in [0.15, 0.2) is 29.8 Å². The standard InChI is InChI=1S/C37H53NO3/c1-21-10-13-28-23(18-21)24-19-27-26(33(3,4)32(24)38-28)12-14-29-35(7)17-16-25(22(2)11-15-30(39)34(5,6)41)36(35,8)20-31(40)37(27,29)9/h10,12-13,18,22,25,27,29-30,38-39,41H,11,14-17,19-20H2,1-9H3/t22-,25-,27-,29+,30-,35+,36-,37+/m1/s1. The first-order chi connectivity index (χ1) is 19.0. The minimum absolute atomic E-state index is 0.0497. The van der Waals surface area contributed by atoms with Gasteiger partial charge in [-0.05, 0) is 111 Å². The first kappa shape index (κ1) is 29.2. The number of aryl methyl sites for hydroxylation is 1. The van der Waals surface area contributed by atoms with Gasteiger partial charge in [0.05, 0.1) is 11.7 Å². The van der Waals surface area contributed by atoms with Crippen LogP contribution >= 0.6 is 0 Å². The van der Waals surface area contributed by atoms with E-state index < -0.39 is 11.7 Å². The van der Waals surface area contributed by atoms with Crippen LogP contribution in [-0.2, 0) is 16.6 Å². The van der Waals surface area contributed by atoms with Gasteiger partial charge in [-0.2, -0.15) is 0 Å². The van der Waals surface area contributed by atoms with Crippen molar-refractivity contribution in [1.29, 1.82) is 0 Å². The predicted molar refractivity (Wildman–Crippen MR) is 167 cm³/mol. The summed E-state index contributed by atoms with van der Waals surface area (Å²) >= 11 is 0. The number of hydrogen-bond acceptors (Lipinski definition) is 3. The molecule has 0 bridgehead atoms. The van der Waals surface area contributed by atoms with Crippen LogP contribution in [0.25, 0.3) is 10.9 Å². The predicted octanol–water partition coefficient (Wildman–Crippen LogP) is 7.82. The molecule has 3 N–H and O–H groups in total. The van der Waals surface area contributed by atoms with E-state index in [1.807, 2.05) is 0 Å². The summed E-state index contributed by atoms with van der Waals surface area (Å²) in [7, 11) is 0. The van der Waals surface area contributed by atoms with E-state index >= 15 is 0 Å². The zero-order chi connectivity index (χ0) is 29.9. The molecule has 4 aliphatic rings. The number of hydrogen-bond donors (Lipinski definition) is 3. The number of nitrogens with one attached hydrogen (secondary N) is 1. The van der Waals surface area contributed by atoms with Gasteiger partial charge in [-0.3, -0.25) is 4.79 Å². The molecule has 0 aliphatic heterocycles. The van der Waals surface area contributed by atoms with Gasteiger partial charge >= 0.3 is 0 Å². The number of allylic oxidation sites excluding steroid dienone is 2. The highest BCUT2D eigenvalue weighted by Gasteiger charge is 2.70. The van der Waals surface area contributed by atoms with Crippen molar-refractivity contribution in [1.82, 2.24) is 4.98 Å². The molecule has 2 fully saturated rings. The van der Waals surface area contributed by atoms with Crippen molar-refractivity contribution in [2.75, 3.05) is 0 Å². The largest absolute Gasteiger partial charge is 0.390 e. The normalized spacial score (nSPS) is 37.6. The SMILES string of the molecule is Cc1ccc2[nH]c3c(c2c1)C[C@@H]1C(=CC[C@@H]2[C@@]1(C)C(=O)C[C@]1(C)[C@@H]([C@H](C)CC[C@@H](O)C(C)(C)O)CC[C@@]21C)C3(C)C. The van der Waals surface area contributed by atoms with Crippen molar-refractivity contribution >= 4 is 16.7 Å². The minimum Gasteiger partial charge on any atom is -0.390 e. The smallest absolute Gasteiger partial charge is 0.140 e. The van der Waals surface area contributed by atoms with Gasteiger partial charge in [-0.25, -0.2) is 0 Å². The third-order valence-corrected chi connectivity index (χ3v) is 13.6.